The van der Waals surface area contributed by atoms with Crippen LogP contribution >= 0.6 is 0 Å². The minimum Gasteiger partial charge on any atom is -0.412 e. The van der Waals surface area contributed by atoms with Gasteiger partial charge in [0.15, 0.2) is 0 Å². The standard InChI is InChI=1S/C11H22O4Si3.C7H15O3Si3.C3H6OSi/c1-8-11(4)12-18(7)14-16(5,9-2)13-17(6,10-3)15-18;1-6-12(4)8-11(3)9-13(5,7-2)10-12;1-3-5(2)4/h8-11H,1-3H2,4-7H3;6-7H,1-2H2,3-5H3;3H,1H2,2H3. The van der Waals surface area contributed by atoms with Crippen molar-refractivity contribution in [1.29, 1.82) is 0 Å². The van der Waals surface area contributed by atoms with Gasteiger partial charge in [-0.25, -0.2) is 0 Å². The van der Waals surface area contributed by atoms with Crippen molar-refractivity contribution in [2.24, 2.45) is 0 Å². The quantitative estimate of drug-likeness (QED) is 0.266. The SMILES string of the molecule is C=CC(C)O[Si]1(C)O[Si](C)(C=C)O[Si](C)(C=C)O1.C=C[Si](C)=O.C=C[Si]1(C)O[Si](C)O[Si](C)(C=C)O1. The number of hydrogen-bond acceptors (Lipinski definition) is 8. The molecule has 0 aliphatic carbocycles. The monoisotopic (exact) mass is 619 g/mol. The van der Waals surface area contributed by atoms with E-state index in [2.05, 4.69) is 39.5 Å². The van der Waals surface area contributed by atoms with E-state index in [1.165, 1.54) is 5.70 Å². The molecule has 0 aromatic rings. The first-order valence-corrected chi connectivity index (χ1v) is 27.0. The molecule has 0 saturated carbocycles. The minimum absolute atomic E-state index is 0.120. The fourth-order valence-electron chi connectivity index (χ4n) is 3.00. The Morgan fingerprint density at radius 1 is 0.750 bits per heavy atom. The maximum absolute atomic E-state index is 9.88. The van der Waals surface area contributed by atoms with Gasteiger partial charge in [0.2, 0.25) is 0 Å². The summed E-state index contributed by atoms with van der Waals surface area (Å²) in [6.45, 7) is 37.4. The molecule has 2 fully saturated rings. The van der Waals surface area contributed by atoms with Crippen LogP contribution in [0.15, 0.2) is 74.0 Å². The molecule has 0 bridgehead atoms. The summed E-state index contributed by atoms with van der Waals surface area (Å²) in [5.74, 6) is 0. The molecule has 1 radical (unpaired) electrons. The highest BCUT2D eigenvalue weighted by Gasteiger charge is 2.57. The predicted octanol–water partition coefficient (Wildman–Crippen LogP) is 5.33. The molecule has 0 spiro atoms. The lowest BCUT2D eigenvalue weighted by atomic mass is 10.4. The van der Waals surface area contributed by atoms with Crippen LogP contribution in [0, 0.1) is 0 Å². The molecule has 15 heteroatoms. The van der Waals surface area contributed by atoms with Gasteiger partial charge in [-0.1, -0.05) is 28.9 Å². The molecule has 2 aliphatic heterocycles. The maximum atomic E-state index is 9.88. The summed E-state index contributed by atoms with van der Waals surface area (Å²) < 4.78 is 51.0. The molecule has 2 saturated heterocycles. The van der Waals surface area contributed by atoms with Gasteiger partial charge >= 0.3 is 52.3 Å². The highest BCUT2D eigenvalue weighted by atomic mass is 28.5. The van der Waals surface area contributed by atoms with Crippen LogP contribution in [0.25, 0.3) is 0 Å². The second-order valence-electron chi connectivity index (χ2n) is 8.72. The fraction of sp³-hybridized carbons (Fsp3) is 0.429. The first-order chi connectivity index (χ1) is 16.4. The molecule has 2 rings (SSSR count). The van der Waals surface area contributed by atoms with Crippen LogP contribution < -0.4 is 0 Å². The van der Waals surface area contributed by atoms with Gasteiger partial charge in [0.25, 0.3) is 8.68 Å². The molecule has 0 aromatic heterocycles. The van der Waals surface area contributed by atoms with Crippen molar-refractivity contribution in [3.63, 3.8) is 0 Å². The molecular weight excluding hydrogens is 577 g/mol. The molecule has 5 unspecified atom stereocenters. The zero-order chi connectivity index (χ0) is 28.4. The normalized spacial score (nSPS) is 36.9. The third-order valence-corrected chi connectivity index (χ3v) is 27.4. The first-order valence-electron chi connectivity index (χ1n) is 11.4. The third kappa shape index (κ3) is 11.9. The van der Waals surface area contributed by atoms with Crippen LogP contribution in [-0.4, -0.2) is 67.1 Å². The van der Waals surface area contributed by atoms with Crippen molar-refractivity contribution >= 4 is 61.0 Å². The van der Waals surface area contributed by atoms with E-state index in [-0.39, 0.29) is 6.10 Å². The van der Waals surface area contributed by atoms with Crippen molar-refractivity contribution in [3.8, 4) is 0 Å². The maximum Gasteiger partial charge on any atom is 0.480 e. The lowest BCUT2D eigenvalue weighted by Gasteiger charge is -2.47. The Kier molecular flexibility index (Phi) is 14.4. The van der Waals surface area contributed by atoms with Crippen molar-refractivity contribution in [2.45, 2.75) is 58.9 Å². The van der Waals surface area contributed by atoms with Crippen molar-refractivity contribution in [3.05, 3.63) is 74.0 Å². The van der Waals surface area contributed by atoms with Gasteiger partial charge in [0.05, 0.1) is 6.10 Å². The topological polar surface area (TPSA) is 81.7 Å². The zero-order valence-electron chi connectivity index (χ0n) is 23.1. The van der Waals surface area contributed by atoms with Gasteiger partial charge < -0.3 is 33.6 Å². The first kappa shape index (κ1) is 35.5. The average Bonchev–Trinajstić information content (AvgIpc) is 2.78. The molecular formula is C21H43O8Si7. The smallest absolute Gasteiger partial charge is 0.412 e. The van der Waals surface area contributed by atoms with Crippen LogP contribution in [0.4, 0.5) is 0 Å². The van der Waals surface area contributed by atoms with E-state index >= 15 is 0 Å². The summed E-state index contributed by atoms with van der Waals surface area (Å²) in [6, 6.07) is 0. The summed E-state index contributed by atoms with van der Waals surface area (Å²) in [5.41, 5.74) is 8.59. The lowest BCUT2D eigenvalue weighted by molar-refractivity contribution is 0.102. The van der Waals surface area contributed by atoms with E-state index in [0.29, 0.717) is 0 Å². The molecule has 0 N–H and O–H groups in total. The molecule has 2 aliphatic rings. The number of rotatable bonds is 8. The van der Waals surface area contributed by atoms with E-state index in [1.807, 2.05) is 46.2 Å². The van der Waals surface area contributed by atoms with E-state index in [4.69, 9.17) is 29.1 Å². The molecule has 5 atom stereocenters. The van der Waals surface area contributed by atoms with E-state index in [9.17, 15) is 4.46 Å². The van der Waals surface area contributed by atoms with Gasteiger partial charge in [-0.15, -0.1) is 39.5 Å². The Hall–Kier alpha value is -0.522. The minimum atomic E-state index is -2.75. The van der Waals surface area contributed by atoms with Crippen LogP contribution in [-0.2, 0) is 33.6 Å². The highest BCUT2D eigenvalue weighted by Crippen LogP contribution is 2.33. The van der Waals surface area contributed by atoms with Crippen LogP contribution in [0.2, 0.25) is 45.8 Å². The van der Waals surface area contributed by atoms with Crippen LogP contribution in [0.5, 0.6) is 0 Å². The van der Waals surface area contributed by atoms with Crippen LogP contribution in [0.3, 0.4) is 0 Å². The second-order valence-corrected chi connectivity index (χ2v) is 28.0. The Labute approximate surface area is 226 Å². The predicted molar refractivity (Wildman–Crippen MR) is 160 cm³/mol. The van der Waals surface area contributed by atoms with Gasteiger partial charge in [0.1, 0.15) is 0 Å². The Bertz CT molecular complexity index is 801. The second kappa shape index (κ2) is 14.6. The van der Waals surface area contributed by atoms with Gasteiger partial charge in [-0.3, -0.25) is 0 Å². The molecule has 2 heterocycles. The highest BCUT2D eigenvalue weighted by molar-refractivity contribution is 6.95. The molecule has 8 nitrogen and oxygen atoms in total. The summed E-state index contributed by atoms with van der Waals surface area (Å²) in [4.78, 5) is 0. The van der Waals surface area contributed by atoms with Gasteiger partial charge in [-0.2, -0.15) is 0 Å². The van der Waals surface area contributed by atoms with Gasteiger partial charge in [-0.05, 0) is 51.9 Å². The van der Waals surface area contributed by atoms with Crippen LogP contribution in [0.1, 0.15) is 6.92 Å². The Morgan fingerprint density at radius 3 is 1.36 bits per heavy atom. The molecule has 0 amide bonds. The summed E-state index contributed by atoms with van der Waals surface area (Å²) in [5, 5.41) is 0. The number of hydrogen-bond donors (Lipinski definition) is 0. The van der Waals surface area contributed by atoms with E-state index in [0.717, 1.165) is 0 Å². The van der Waals surface area contributed by atoms with Crippen molar-refractivity contribution < 1.29 is 33.6 Å². The average molecular weight is 620 g/mol. The van der Waals surface area contributed by atoms with Crippen molar-refractivity contribution in [2.75, 3.05) is 0 Å². The molecule has 36 heavy (non-hydrogen) atoms. The Balaban J connectivity index is 0.000000593. The molecule has 0 aromatic carbocycles. The largest absolute Gasteiger partial charge is 0.480 e. The van der Waals surface area contributed by atoms with E-state index in [1.54, 1.807) is 35.4 Å². The van der Waals surface area contributed by atoms with Crippen molar-refractivity contribution in [1.82, 2.24) is 0 Å². The Morgan fingerprint density at radius 2 is 1.08 bits per heavy atom. The summed E-state index contributed by atoms with van der Waals surface area (Å²) >= 11 is 0. The third-order valence-electron chi connectivity index (χ3n) is 4.78. The fourth-order valence-corrected chi connectivity index (χ4v) is 27.0. The summed E-state index contributed by atoms with van der Waals surface area (Å²) in [7, 11) is -14.5. The van der Waals surface area contributed by atoms with E-state index < -0.39 is 61.0 Å². The van der Waals surface area contributed by atoms with Gasteiger partial charge in [0, 0.05) is 6.55 Å². The summed E-state index contributed by atoms with van der Waals surface area (Å²) in [6.07, 6.45) is 1.60. The molecule has 203 valence electrons. The zero-order valence-corrected chi connectivity index (χ0v) is 30.1. The lowest BCUT2D eigenvalue weighted by Crippen LogP contribution is -2.68.